The Morgan fingerprint density at radius 2 is 1.77 bits per heavy atom. The quantitative estimate of drug-likeness (QED) is 0.782. The molecule has 1 aliphatic heterocycles. The van der Waals surface area contributed by atoms with Crippen molar-refractivity contribution in [2.75, 3.05) is 13.1 Å². The molecule has 0 spiro atoms. The molecule has 1 heterocycles. The van der Waals surface area contributed by atoms with Gasteiger partial charge < -0.3 is 0 Å². The van der Waals surface area contributed by atoms with E-state index in [1.165, 1.54) is 12.1 Å². The lowest BCUT2D eigenvalue weighted by molar-refractivity contribution is -0.132. The summed E-state index contributed by atoms with van der Waals surface area (Å²) in [5.74, 6) is -5.03. The number of benzene rings is 1. The van der Waals surface area contributed by atoms with Crippen molar-refractivity contribution in [2.45, 2.75) is 64.3 Å². The van der Waals surface area contributed by atoms with Crippen LogP contribution in [0, 0.1) is 11.7 Å². The van der Waals surface area contributed by atoms with Gasteiger partial charge in [-0.2, -0.15) is 0 Å². The predicted octanol–water partition coefficient (Wildman–Crippen LogP) is 4.37. The van der Waals surface area contributed by atoms with Crippen molar-refractivity contribution in [3.63, 3.8) is 0 Å². The van der Waals surface area contributed by atoms with Gasteiger partial charge in [-0.05, 0) is 41.5 Å². The van der Waals surface area contributed by atoms with Gasteiger partial charge in [0.05, 0.1) is 27.2 Å². The van der Waals surface area contributed by atoms with E-state index in [9.17, 15) is 17.4 Å². The van der Waals surface area contributed by atoms with Crippen molar-refractivity contribution in [3.05, 3.63) is 35.1 Å². The van der Waals surface area contributed by atoms with Crippen LogP contribution in [0.4, 0.5) is 13.2 Å². The molecular weight excluding hydrogens is 361 g/mol. The molecule has 1 fully saturated rings. The Hall–Kier alpha value is -0.920. The molecule has 0 aliphatic carbocycles. The second-order valence-corrected chi connectivity index (χ2v) is 10.3. The topological polar surface area (TPSA) is 32.3 Å². The maximum Gasteiger partial charge on any atom is 0.281 e. The summed E-state index contributed by atoms with van der Waals surface area (Å²) in [5.41, 5.74) is -0.460. The standard InChI is InChI=1S/C19H29F3N2OS/c1-12(2)24-10-14(11-24)19(21,22)16-9-7-8-15(17(16)20)13(3)23-26(25)18(4,5)6/h7-9,12-14,23H,10-11H2,1-6H3/t13-,26+/m1/s1. The molecule has 0 aromatic heterocycles. The molecule has 1 N–H and O–H groups in total. The Bertz CT molecular complexity index is 667. The van der Waals surface area contributed by atoms with Crippen LogP contribution in [0.3, 0.4) is 0 Å². The summed E-state index contributed by atoms with van der Waals surface area (Å²) < 4.78 is 59.1. The number of alkyl halides is 2. The van der Waals surface area contributed by atoms with Crippen LogP contribution < -0.4 is 4.72 Å². The van der Waals surface area contributed by atoms with E-state index in [2.05, 4.69) is 4.72 Å². The zero-order chi connectivity index (χ0) is 19.9. The zero-order valence-electron chi connectivity index (χ0n) is 16.3. The molecule has 26 heavy (non-hydrogen) atoms. The molecular formula is C19H29F3N2OS. The first-order valence-corrected chi connectivity index (χ1v) is 10.1. The third-order valence-electron chi connectivity index (χ3n) is 4.85. The van der Waals surface area contributed by atoms with Crippen molar-refractivity contribution in [1.82, 2.24) is 9.62 Å². The number of halogens is 3. The Morgan fingerprint density at radius 1 is 1.19 bits per heavy atom. The highest BCUT2D eigenvalue weighted by atomic mass is 32.2. The minimum atomic E-state index is -3.23. The molecule has 1 aromatic rings. The summed E-state index contributed by atoms with van der Waals surface area (Å²) >= 11 is 0. The largest absolute Gasteiger partial charge is 0.300 e. The number of hydrogen-bond acceptors (Lipinski definition) is 2. The van der Waals surface area contributed by atoms with E-state index >= 15 is 0 Å². The van der Waals surface area contributed by atoms with E-state index in [1.54, 1.807) is 27.7 Å². The van der Waals surface area contributed by atoms with Crippen molar-refractivity contribution in [1.29, 1.82) is 0 Å². The average Bonchev–Trinajstić information content (AvgIpc) is 2.43. The van der Waals surface area contributed by atoms with Gasteiger partial charge in [-0.3, -0.25) is 4.90 Å². The van der Waals surface area contributed by atoms with E-state index in [-0.39, 0.29) is 24.7 Å². The van der Waals surface area contributed by atoms with Crippen LogP contribution in [0.5, 0.6) is 0 Å². The van der Waals surface area contributed by atoms with E-state index in [1.807, 2.05) is 18.7 Å². The first-order valence-electron chi connectivity index (χ1n) is 8.94. The first-order chi connectivity index (χ1) is 11.9. The molecule has 0 saturated carbocycles. The van der Waals surface area contributed by atoms with Gasteiger partial charge in [-0.15, -0.1) is 0 Å². The van der Waals surface area contributed by atoms with E-state index < -0.39 is 45.0 Å². The van der Waals surface area contributed by atoms with E-state index in [0.29, 0.717) is 0 Å². The maximum atomic E-state index is 14.9. The molecule has 0 amide bonds. The molecule has 1 aliphatic rings. The molecule has 2 rings (SSSR count). The summed E-state index contributed by atoms with van der Waals surface area (Å²) in [6.45, 7) is 11.4. The lowest BCUT2D eigenvalue weighted by atomic mass is 9.86. The number of hydrogen-bond donors (Lipinski definition) is 1. The van der Waals surface area contributed by atoms with E-state index in [4.69, 9.17) is 0 Å². The van der Waals surface area contributed by atoms with Crippen molar-refractivity contribution < 1.29 is 17.4 Å². The van der Waals surface area contributed by atoms with Crippen molar-refractivity contribution >= 4 is 11.0 Å². The Kier molecular flexibility index (Phi) is 6.25. The van der Waals surface area contributed by atoms with Crippen molar-refractivity contribution in [3.8, 4) is 0 Å². The summed E-state index contributed by atoms with van der Waals surface area (Å²) in [6, 6.07) is 3.63. The zero-order valence-corrected chi connectivity index (χ0v) is 17.1. The number of rotatable bonds is 6. The molecule has 148 valence electrons. The monoisotopic (exact) mass is 390 g/mol. The van der Waals surface area contributed by atoms with Crippen LogP contribution >= 0.6 is 0 Å². The fourth-order valence-corrected chi connectivity index (χ4v) is 3.73. The van der Waals surface area contributed by atoms with Crippen molar-refractivity contribution in [2.24, 2.45) is 5.92 Å². The van der Waals surface area contributed by atoms with Crippen LogP contribution in [0.2, 0.25) is 0 Å². The van der Waals surface area contributed by atoms with Gasteiger partial charge in [0, 0.05) is 30.7 Å². The van der Waals surface area contributed by atoms with Gasteiger partial charge in [0.1, 0.15) is 5.82 Å². The highest BCUT2D eigenvalue weighted by Crippen LogP contribution is 2.43. The normalized spacial score (nSPS) is 19.5. The third-order valence-corrected chi connectivity index (χ3v) is 6.53. The highest BCUT2D eigenvalue weighted by molar-refractivity contribution is 7.84. The molecule has 0 unspecified atom stereocenters. The van der Waals surface area contributed by atoms with E-state index in [0.717, 1.165) is 6.07 Å². The van der Waals surface area contributed by atoms with Gasteiger partial charge >= 0.3 is 0 Å². The molecule has 7 heteroatoms. The maximum absolute atomic E-state index is 14.9. The number of nitrogens with zero attached hydrogens (tertiary/aromatic N) is 1. The highest BCUT2D eigenvalue weighted by Gasteiger charge is 2.50. The molecule has 0 radical (unpaired) electrons. The van der Waals surface area contributed by atoms with Gasteiger partial charge in [-0.1, -0.05) is 18.2 Å². The van der Waals surface area contributed by atoms with Crippen LogP contribution in [0.1, 0.15) is 58.7 Å². The molecule has 2 atom stereocenters. The van der Waals surface area contributed by atoms with Gasteiger partial charge in [0.25, 0.3) is 5.92 Å². The van der Waals surface area contributed by atoms with Crippen LogP contribution in [0.25, 0.3) is 0 Å². The van der Waals surface area contributed by atoms with Crippen LogP contribution in [0.15, 0.2) is 18.2 Å². The first kappa shape index (κ1) is 21.4. The SMILES string of the molecule is CC(C)N1CC(C(F)(F)c2cccc([C@@H](C)N[S@@](=O)C(C)(C)C)c2F)C1. The Labute approximate surface area is 156 Å². The predicted molar refractivity (Wildman–Crippen MR) is 99.9 cm³/mol. The average molecular weight is 391 g/mol. The smallest absolute Gasteiger partial charge is 0.281 e. The summed E-state index contributed by atoms with van der Waals surface area (Å²) in [7, 11) is -1.42. The van der Waals surface area contributed by atoms with Gasteiger partial charge in [-0.25, -0.2) is 22.1 Å². The minimum absolute atomic E-state index is 0.111. The molecule has 0 bridgehead atoms. The fourth-order valence-electron chi connectivity index (χ4n) is 2.93. The molecule has 1 saturated heterocycles. The molecule has 1 aromatic carbocycles. The second-order valence-electron chi connectivity index (χ2n) is 8.30. The lowest BCUT2D eigenvalue weighted by Gasteiger charge is -2.45. The summed E-state index contributed by atoms with van der Waals surface area (Å²) in [6.07, 6.45) is 0. The minimum Gasteiger partial charge on any atom is -0.300 e. The van der Waals surface area contributed by atoms with Gasteiger partial charge in [0.2, 0.25) is 0 Å². The van der Waals surface area contributed by atoms with Crippen LogP contribution in [-0.4, -0.2) is 33.0 Å². The number of likely N-dealkylation sites (tertiary alicyclic amines) is 1. The summed E-state index contributed by atoms with van der Waals surface area (Å²) in [5, 5.41) is 0. The third kappa shape index (κ3) is 4.31. The second kappa shape index (κ2) is 7.60. The summed E-state index contributed by atoms with van der Waals surface area (Å²) in [4.78, 5) is 1.94. The molecule has 3 nitrogen and oxygen atoms in total. The van der Waals surface area contributed by atoms with Crippen LogP contribution in [-0.2, 0) is 16.9 Å². The Balaban J connectivity index is 2.22. The fraction of sp³-hybridized carbons (Fsp3) is 0.684. The number of nitrogens with one attached hydrogen (secondary N) is 1. The van der Waals surface area contributed by atoms with Gasteiger partial charge in [0.15, 0.2) is 0 Å². The lowest BCUT2D eigenvalue weighted by Crippen LogP contribution is -2.56. The Morgan fingerprint density at radius 3 is 2.27 bits per heavy atom.